The summed E-state index contributed by atoms with van der Waals surface area (Å²) in [6.45, 7) is 0. The van der Waals surface area contributed by atoms with E-state index in [9.17, 15) is 4.39 Å². The van der Waals surface area contributed by atoms with Crippen molar-refractivity contribution in [2.75, 3.05) is 5.32 Å². The minimum Gasteiger partial charge on any atom is -0.382 e. The van der Waals surface area contributed by atoms with E-state index in [1.165, 1.54) is 31.4 Å². The third-order valence-corrected chi connectivity index (χ3v) is 5.10. The first kappa shape index (κ1) is 10.4. The molecule has 4 unspecified atom stereocenters. The predicted molar refractivity (Wildman–Crippen MR) is 66.3 cm³/mol. The topological polar surface area (TPSA) is 35.8 Å². The zero-order valence-corrected chi connectivity index (χ0v) is 10.1. The Bertz CT molecular complexity index is 532. The number of hydrogen-bond acceptors (Lipinski definition) is 2. The van der Waals surface area contributed by atoms with Crippen LogP contribution >= 0.6 is 0 Å². The Morgan fingerprint density at radius 2 is 1.89 bits per heavy atom. The summed E-state index contributed by atoms with van der Waals surface area (Å²) in [6, 6.07) is 7.06. The second kappa shape index (κ2) is 3.47. The largest absolute Gasteiger partial charge is 0.382 e. The summed E-state index contributed by atoms with van der Waals surface area (Å²) >= 11 is 0. The van der Waals surface area contributed by atoms with E-state index in [2.05, 4.69) is 5.32 Å². The molecule has 2 nitrogen and oxygen atoms in total. The van der Waals surface area contributed by atoms with Crippen LogP contribution in [0.2, 0.25) is 0 Å². The number of rotatable bonds is 2. The molecular formula is C15H15FN2. The van der Waals surface area contributed by atoms with Gasteiger partial charge in [0.2, 0.25) is 0 Å². The molecule has 0 aliphatic heterocycles. The number of nitrogens with zero attached hydrogens (tertiary/aromatic N) is 1. The molecule has 3 fully saturated rings. The fraction of sp³-hybridized carbons (Fsp3) is 0.533. The lowest BCUT2D eigenvalue weighted by atomic mass is 10.0. The van der Waals surface area contributed by atoms with Gasteiger partial charge in [-0.05, 0) is 61.1 Å². The van der Waals surface area contributed by atoms with Crippen LogP contribution in [0.25, 0.3) is 0 Å². The highest BCUT2D eigenvalue weighted by Crippen LogP contribution is 2.66. The summed E-state index contributed by atoms with van der Waals surface area (Å²) in [5, 5.41) is 12.3. The van der Waals surface area contributed by atoms with E-state index in [4.69, 9.17) is 5.26 Å². The first-order valence-electron chi connectivity index (χ1n) is 6.73. The van der Waals surface area contributed by atoms with E-state index in [1.807, 2.05) is 6.07 Å². The molecule has 0 radical (unpaired) electrons. The van der Waals surface area contributed by atoms with Gasteiger partial charge in [0.05, 0.1) is 11.6 Å². The van der Waals surface area contributed by atoms with Crippen molar-refractivity contribution in [3.8, 4) is 6.07 Å². The lowest BCUT2D eigenvalue weighted by Crippen LogP contribution is -2.12. The molecule has 0 amide bonds. The van der Waals surface area contributed by atoms with E-state index in [0.29, 0.717) is 11.6 Å². The van der Waals surface area contributed by atoms with Gasteiger partial charge in [-0.3, -0.25) is 0 Å². The van der Waals surface area contributed by atoms with Crippen LogP contribution in [0.5, 0.6) is 0 Å². The van der Waals surface area contributed by atoms with E-state index >= 15 is 0 Å². The van der Waals surface area contributed by atoms with Gasteiger partial charge in [-0.1, -0.05) is 0 Å². The van der Waals surface area contributed by atoms with Crippen molar-refractivity contribution in [3.05, 3.63) is 29.6 Å². The molecular weight excluding hydrogens is 227 g/mol. The van der Waals surface area contributed by atoms with Gasteiger partial charge >= 0.3 is 0 Å². The van der Waals surface area contributed by atoms with Crippen molar-refractivity contribution in [1.29, 1.82) is 5.26 Å². The van der Waals surface area contributed by atoms with E-state index < -0.39 is 0 Å². The predicted octanol–water partition coefficient (Wildman–Crippen LogP) is 3.15. The molecule has 0 saturated heterocycles. The van der Waals surface area contributed by atoms with Crippen molar-refractivity contribution in [2.45, 2.75) is 25.3 Å². The minimum absolute atomic E-state index is 0.328. The molecule has 1 aromatic rings. The van der Waals surface area contributed by atoms with Crippen molar-refractivity contribution >= 4 is 5.69 Å². The highest BCUT2D eigenvalue weighted by Gasteiger charge is 2.64. The number of fused-ring (bicyclic) bond motifs is 5. The maximum absolute atomic E-state index is 13.4. The smallest absolute Gasteiger partial charge is 0.126 e. The van der Waals surface area contributed by atoms with Gasteiger partial charge in [0.25, 0.3) is 0 Å². The first-order chi connectivity index (χ1) is 8.76. The Hall–Kier alpha value is -1.56. The summed E-state index contributed by atoms with van der Waals surface area (Å²) < 4.78 is 13.4. The van der Waals surface area contributed by atoms with Crippen molar-refractivity contribution in [1.82, 2.24) is 0 Å². The third-order valence-electron chi connectivity index (χ3n) is 5.10. The minimum atomic E-state index is -0.328. The fourth-order valence-electron chi connectivity index (χ4n) is 4.45. The zero-order valence-electron chi connectivity index (χ0n) is 10.1. The molecule has 3 saturated carbocycles. The number of hydrogen-bond donors (Lipinski definition) is 1. The number of anilines is 1. The molecule has 92 valence electrons. The Morgan fingerprint density at radius 3 is 2.56 bits per heavy atom. The Morgan fingerprint density at radius 1 is 1.17 bits per heavy atom. The Balaban J connectivity index is 1.54. The monoisotopic (exact) mass is 242 g/mol. The first-order valence-corrected chi connectivity index (χ1v) is 6.73. The molecule has 3 heteroatoms. The Labute approximate surface area is 106 Å². The number of nitrogens with one attached hydrogen (secondary N) is 1. The molecule has 4 rings (SSSR count). The average Bonchev–Trinajstić information content (AvgIpc) is 2.76. The Kier molecular flexibility index (Phi) is 2.00. The number of halogens is 1. The van der Waals surface area contributed by atoms with Crippen LogP contribution in [0.15, 0.2) is 18.2 Å². The number of nitriles is 1. The van der Waals surface area contributed by atoms with Gasteiger partial charge in [0, 0.05) is 11.7 Å². The molecule has 1 aromatic carbocycles. The lowest BCUT2D eigenvalue weighted by Gasteiger charge is -2.12. The second-order valence-corrected chi connectivity index (χ2v) is 6.00. The fourth-order valence-corrected chi connectivity index (χ4v) is 4.45. The van der Waals surface area contributed by atoms with E-state index in [0.717, 1.165) is 29.4 Å². The molecule has 0 spiro atoms. The van der Waals surface area contributed by atoms with Gasteiger partial charge in [0.1, 0.15) is 5.82 Å². The summed E-state index contributed by atoms with van der Waals surface area (Å²) in [5.41, 5.74) is 1.16. The standard InChI is InChI=1S/C15H15FN2/c16-11-3-8(7-17)4-12(6-11)18-15-13-9-1-2-10(5-9)14(13)15/h3-4,6,9-10,13-15,18H,1-2,5H2. The maximum Gasteiger partial charge on any atom is 0.126 e. The SMILES string of the molecule is N#Cc1cc(F)cc(NC2C3C4CCC(C4)C23)c1. The maximum atomic E-state index is 13.4. The summed E-state index contributed by atoms with van der Waals surface area (Å²) in [5.74, 6) is 3.11. The van der Waals surface area contributed by atoms with Crippen LogP contribution < -0.4 is 5.32 Å². The number of benzene rings is 1. The van der Waals surface area contributed by atoms with Crippen molar-refractivity contribution < 1.29 is 4.39 Å². The lowest BCUT2D eigenvalue weighted by molar-refractivity contribution is 0.456. The van der Waals surface area contributed by atoms with Gasteiger partial charge in [0.15, 0.2) is 0 Å². The molecule has 3 aliphatic carbocycles. The van der Waals surface area contributed by atoms with Crippen LogP contribution in [0.1, 0.15) is 24.8 Å². The zero-order chi connectivity index (χ0) is 12.3. The molecule has 0 heterocycles. The normalized spacial score (nSPS) is 39.2. The molecule has 2 bridgehead atoms. The molecule has 18 heavy (non-hydrogen) atoms. The highest BCUT2D eigenvalue weighted by atomic mass is 19.1. The van der Waals surface area contributed by atoms with Crippen LogP contribution in [0, 0.1) is 40.8 Å². The van der Waals surface area contributed by atoms with Crippen LogP contribution in [-0.2, 0) is 0 Å². The van der Waals surface area contributed by atoms with Crippen LogP contribution in [0.4, 0.5) is 10.1 Å². The summed E-state index contributed by atoms with van der Waals surface area (Å²) in [4.78, 5) is 0. The van der Waals surface area contributed by atoms with Crippen molar-refractivity contribution in [3.63, 3.8) is 0 Å². The second-order valence-electron chi connectivity index (χ2n) is 6.00. The highest BCUT2D eigenvalue weighted by molar-refractivity contribution is 5.52. The van der Waals surface area contributed by atoms with E-state index in [-0.39, 0.29) is 5.82 Å². The van der Waals surface area contributed by atoms with Gasteiger partial charge in [-0.15, -0.1) is 0 Å². The summed E-state index contributed by atoms with van der Waals surface area (Å²) in [7, 11) is 0. The van der Waals surface area contributed by atoms with Gasteiger partial charge in [-0.2, -0.15) is 5.26 Å². The van der Waals surface area contributed by atoms with Crippen LogP contribution in [-0.4, -0.2) is 6.04 Å². The average molecular weight is 242 g/mol. The molecule has 0 aromatic heterocycles. The molecule has 1 N–H and O–H groups in total. The molecule has 3 aliphatic rings. The quantitative estimate of drug-likeness (QED) is 0.864. The summed E-state index contributed by atoms with van der Waals surface area (Å²) in [6.07, 6.45) is 4.19. The van der Waals surface area contributed by atoms with Gasteiger partial charge in [-0.25, -0.2) is 4.39 Å². The van der Waals surface area contributed by atoms with Crippen molar-refractivity contribution in [2.24, 2.45) is 23.7 Å². The van der Waals surface area contributed by atoms with Gasteiger partial charge < -0.3 is 5.32 Å². The molecule has 4 atom stereocenters. The van der Waals surface area contributed by atoms with Crippen LogP contribution in [0.3, 0.4) is 0 Å². The van der Waals surface area contributed by atoms with E-state index in [1.54, 1.807) is 6.07 Å². The third kappa shape index (κ3) is 1.38.